The number of nitrogens with one attached hydrogen (secondary N) is 1. The number of nitrogens with two attached hydrogens (primary N) is 2. The van der Waals surface area contributed by atoms with Crippen LogP contribution in [0.5, 0.6) is 0 Å². The van der Waals surface area contributed by atoms with Crippen molar-refractivity contribution in [2.75, 3.05) is 53.6 Å². The Morgan fingerprint density at radius 1 is 0.814 bits per heavy atom. The zero-order chi connectivity index (χ0) is 42.6. The van der Waals surface area contributed by atoms with Crippen LogP contribution in [0.1, 0.15) is 146 Å². The van der Waals surface area contributed by atoms with Crippen molar-refractivity contribution in [3.05, 3.63) is 75.5 Å². The standard InChI is InChI=1S/C48H76N5O5P/c1-35(25-30-57-31-26-36(2)27-32-58-33-29-53(4)44(54)21-13-22-46(56)59)23-24-45(55)52(3)28-11-5-6-17-39(37-15-12-16-37)43-34-38-14-7-8-18-40(38)47(49)48(51-50)42-20-10-9-19-41(42)43/h7,9-10,14,19-20,35-36,43,51H,5-6,8,11-13,15-18,21-34,49-50,59H2,1-4H3/b48-47-. The molecular formula is C48H76N5O5P. The molecular weight excluding hydrogens is 758 g/mol. The van der Waals surface area contributed by atoms with Gasteiger partial charge in [0.05, 0.1) is 18.0 Å². The first-order chi connectivity index (χ1) is 28.5. The summed E-state index contributed by atoms with van der Waals surface area (Å²) in [5.74, 6) is 7.67. The maximum atomic E-state index is 13.0. The minimum absolute atomic E-state index is 0.0394. The lowest BCUT2D eigenvalue weighted by Crippen LogP contribution is -2.30. The predicted molar refractivity (Wildman–Crippen MR) is 244 cm³/mol. The minimum Gasteiger partial charge on any atom is -0.397 e. The number of likely N-dealkylation sites (N-methyl/N-ethyl adjacent to an activating group) is 1. The number of amides is 2. The third kappa shape index (κ3) is 15.9. The van der Waals surface area contributed by atoms with E-state index in [1.54, 1.807) is 23.1 Å². The molecule has 328 valence electrons. The first kappa shape index (κ1) is 48.4. The lowest BCUT2D eigenvalue weighted by atomic mass is 9.72. The first-order valence-corrected chi connectivity index (χ1v) is 23.1. The lowest BCUT2D eigenvalue weighted by Gasteiger charge is -2.34. The monoisotopic (exact) mass is 834 g/mol. The summed E-state index contributed by atoms with van der Waals surface area (Å²) < 4.78 is 11.7. The molecule has 5 N–H and O–H groups in total. The summed E-state index contributed by atoms with van der Waals surface area (Å²) >= 11 is 0. The van der Waals surface area contributed by atoms with Crippen molar-refractivity contribution in [3.8, 4) is 0 Å². The van der Waals surface area contributed by atoms with Gasteiger partial charge in [0.1, 0.15) is 5.52 Å². The van der Waals surface area contributed by atoms with Gasteiger partial charge in [-0.25, -0.2) is 0 Å². The highest BCUT2D eigenvalue weighted by Crippen LogP contribution is 2.46. The number of benzene rings is 1. The number of ether oxygens (including phenoxy) is 2. The average molecular weight is 834 g/mol. The third-order valence-corrected chi connectivity index (χ3v) is 12.9. The fourth-order valence-electron chi connectivity index (χ4n) is 8.41. The largest absolute Gasteiger partial charge is 0.397 e. The molecule has 0 aliphatic heterocycles. The molecule has 1 aromatic carbocycles. The molecule has 0 bridgehead atoms. The van der Waals surface area contributed by atoms with Crippen LogP contribution >= 0.6 is 9.24 Å². The SMILES string of the molecule is CC(CCOCCC(C)CCC(=O)N(C)CCCCCC(=C1CCC1)C1CC2=C(CCC=C2)/C(N)=C(/NN)c2ccccc21)CCOCCN(C)C(=O)CCCC(=O)P. The van der Waals surface area contributed by atoms with E-state index >= 15 is 0 Å². The van der Waals surface area contributed by atoms with E-state index in [4.69, 9.17) is 21.1 Å². The summed E-state index contributed by atoms with van der Waals surface area (Å²) in [6.07, 6.45) is 21.3. The molecule has 1 aromatic rings. The molecule has 2 amide bonds. The van der Waals surface area contributed by atoms with E-state index in [2.05, 4.69) is 64.9 Å². The van der Waals surface area contributed by atoms with Crippen LogP contribution in [0.15, 0.2) is 64.4 Å². The smallest absolute Gasteiger partial charge is 0.222 e. The van der Waals surface area contributed by atoms with Gasteiger partial charge in [-0.05, 0) is 118 Å². The number of carbonyl (C=O) groups is 3. The van der Waals surface area contributed by atoms with Crippen LogP contribution in [0.25, 0.3) is 5.70 Å². The number of hydrazine groups is 1. The Labute approximate surface area is 358 Å². The molecule has 4 unspecified atom stereocenters. The second-order valence-corrected chi connectivity index (χ2v) is 17.9. The predicted octanol–water partition coefficient (Wildman–Crippen LogP) is 8.70. The minimum atomic E-state index is 0.0394. The van der Waals surface area contributed by atoms with E-state index in [0.29, 0.717) is 63.2 Å². The lowest BCUT2D eigenvalue weighted by molar-refractivity contribution is -0.131. The van der Waals surface area contributed by atoms with Crippen molar-refractivity contribution in [2.24, 2.45) is 23.4 Å². The summed E-state index contributed by atoms with van der Waals surface area (Å²) in [6.45, 7) is 8.43. The normalized spacial score (nSPS) is 18.5. The van der Waals surface area contributed by atoms with Gasteiger partial charge < -0.3 is 30.4 Å². The molecule has 0 heterocycles. The van der Waals surface area contributed by atoms with Crippen molar-refractivity contribution in [1.82, 2.24) is 15.2 Å². The Balaban J connectivity index is 1.09. The molecule has 3 aliphatic carbocycles. The van der Waals surface area contributed by atoms with Gasteiger partial charge in [-0.3, -0.25) is 20.2 Å². The van der Waals surface area contributed by atoms with Crippen LogP contribution in [-0.4, -0.2) is 80.8 Å². The number of allylic oxidation sites excluding steroid dienone is 6. The first-order valence-electron chi connectivity index (χ1n) is 22.6. The number of hydrogen-bond donors (Lipinski definition) is 3. The third-order valence-electron chi connectivity index (χ3n) is 12.7. The van der Waals surface area contributed by atoms with Crippen LogP contribution in [-0.2, 0) is 23.9 Å². The number of hydrogen-bond acceptors (Lipinski definition) is 8. The number of rotatable bonds is 27. The van der Waals surface area contributed by atoms with Gasteiger partial charge in [-0.2, -0.15) is 0 Å². The van der Waals surface area contributed by atoms with Gasteiger partial charge in [-0.1, -0.05) is 77.1 Å². The van der Waals surface area contributed by atoms with Gasteiger partial charge in [0.25, 0.3) is 0 Å². The summed E-state index contributed by atoms with van der Waals surface area (Å²) in [5, 5.41) is 0. The summed E-state index contributed by atoms with van der Waals surface area (Å²) in [6, 6.07) is 8.67. The van der Waals surface area contributed by atoms with E-state index in [0.717, 1.165) is 107 Å². The van der Waals surface area contributed by atoms with Crippen LogP contribution in [0.2, 0.25) is 0 Å². The fraction of sp³-hybridized carbons (Fsp3) is 0.646. The van der Waals surface area contributed by atoms with Gasteiger partial charge in [-0.15, -0.1) is 0 Å². The quantitative estimate of drug-likeness (QED) is 0.0263. The molecule has 10 nitrogen and oxygen atoms in total. The summed E-state index contributed by atoms with van der Waals surface area (Å²) in [7, 11) is 5.89. The van der Waals surface area contributed by atoms with Gasteiger partial charge in [0.2, 0.25) is 11.8 Å². The van der Waals surface area contributed by atoms with Crippen molar-refractivity contribution < 1.29 is 23.9 Å². The molecule has 3 aliphatic rings. The highest BCUT2D eigenvalue weighted by atomic mass is 31.0. The molecule has 0 radical (unpaired) electrons. The van der Waals surface area contributed by atoms with Crippen molar-refractivity contribution >= 4 is 32.3 Å². The maximum absolute atomic E-state index is 13.0. The Morgan fingerprint density at radius 3 is 2.15 bits per heavy atom. The zero-order valence-corrected chi connectivity index (χ0v) is 38.0. The van der Waals surface area contributed by atoms with Crippen molar-refractivity contribution in [2.45, 2.75) is 135 Å². The number of nitrogens with zero attached hydrogens (tertiary/aromatic N) is 2. The molecule has 4 atom stereocenters. The van der Waals surface area contributed by atoms with Gasteiger partial charge >= 0.3 is 0 Å². The fourth-order valence-corrected chi connectivity index (χ4v) is 8.61. The number of fused-ring (bicyclic) bond motifs is 1. The molecule has 11 heteroatoms. The van der Waals surface area contributed by atoms with Crippen LogP contribution < -0.4 is 17.0 Å². The van der Waals surface area contributed by atoms with E-state index < -0.39 is 0 Å². The Morgan fingerprint density at radius 2 is 1.47 bits per heavy atom. The van der Waals surface area contributed by atoms with Crippen molar-refractivity contribution in [3.63, 3.8) is 0 Å². The van der Waals surface area contributed by atoms with Crippen LogP contribution in [0.3, 0.4) is 0 Å². The molecule has 0 spiro atoms. The zero-order valence-electron chi connectivity index (χ0n) is 36.8. The Hall–Kier alpha value is -3.30. The van der Waals surface area contributed by atoms with Gasteiger partial charge in [0.15, 0.2) is 0 Å². The van der Waals surface area contributed by atoms with Gasteiger partial charge in [0, 0.05) is 77.7 Å². The topological polar surface area (TPSA) is 140 Å². The average Bonchev–Trinajstić information content (AvgIpc) is 3.20. The number of carbonyl (C=O) groups excluding carboxylic acids is 3. The van der Waals surface area contributed by atoms with Crippen LogP contribution in [0, 0.1) is 11.8 Å². The molecule has 0 aromatic heterocycles. The highest BCUT2D eigenvalue weighted by molar-refractivity contribution is 7.40. The number of unbranched alkanes of at least 4 members (excludes halogenated alkanes) is 2. The second-order valence-electron chi connectivity index (χ2n) is 17.3. The summed E-state index contributed by atoms with van der Waals surface area (Å²) in [4.78, 5) is 39.8. The van der Waals surface area contributed by atoms with E-state index in [1.807, 2.05) is 11.9 Å². The Kier molecular flexibility index (Phi) is 21.4. The molecule has 1 saturated carbocycles. The highest BCUT2D eigenvalue weighted by Gasteiger charge is 2.30. The summed E-state index contributed by atoms with van der Waals surface area (Å²) in [5.41, 5.74) is 19.7. The van der Waals surface area contributed by atoms with E-state index in [1.165, 1.54) is 36.0 Å². The Bertz CT molecular complexity index is 1650. The molecule has 59 heavy (non-hydrogen) atoms. The second kappa shape index (κ2) is 26.1. The van der Waals surface area contributed by atoms with Crippen LogP contribution in [0.4, 0.5) is 0 Å². The molecule has 0 saturated heterocycles. The van der Waals surface area contributed by atoms with E-state index in [9.17, 15) is 14.4 Å². The van der Waals surface area contributed by atoms with E-state index in [-0.39, 0.29) is 17.3 Å². The van der Waals surface area contributed by atoms with Crippen molar-refractivity contribution in [1.29, 1.82) is 0 Å². The molecule has 1 fully saturated rings. The molecule has 4 rings (SSSR count). The maximum Gasteiger partial charge on any atom is 0.222 e.